The molecule has 0 bridgehead atoms. The third-order valence-corrected chi connectivity index (χ3v) is 4.28. The van der Waals surface area contributed by atoms with Crippen LogP contribution in [-0.2, 0) is 11.3 Å². The number of para-hydroxylation sites is 1. The molecule has 0 aliphatic carbocycles. The number of aromatic nitrogens is 2. The summed E-state index contributed by atoms with van der Waals surface area (Å²) in [7, 11) is 0. The Bertz CT molecular complexity index is 1040. The van der Waals surface area contributed by atoms with Crippen molar-refractivity contribution in [2.24, 2.45) is 0 Å². The number of rotatable bonds is 4. The topological polar surface area (TPSA) is 66.9 Å². The summed E-state index contributed by atoms with van der Waals surface area (Å²) in [4.78, 5) is 28.1. The second kappa shape index (κ2) is 6.98. The van der Waals surface area contributed by atoms with Crippen molar-refractivity contribution in [1.29, 1.82) is 0 Å². The van der Waals surface area contributed by atoms with Gasteiger partial charge in [-0.05, 0) is 49.0 Å². The van der Waals surface area contributed by atoms with E-state index in [9.17, 15) is 14.0 Å². The molecule has 2 N–H and O–H groups in total. The summed E-state index contributed by atoms with van der Waals surface area (Å²) in [6.45, 7) is 1.85. The lowest BCUT2D eigenvalue weighted by Gasteiger charge is -2.16. The third kappa shape index (κ3) is 3.51. The van der Waals surface area contributed by atoms with Crippen molar-refractivity contribution >= 4 is 29.0 Å². The standard InChI is InChI=1S/C18H16FN3O2S/c1-11(16(23)20-10-12-6-8-13(19)9-7-12)22-17(24)14-4-2-3-5-15(14)21-18(22)25/h2-9,11H,10H2,1H3,(H,20,23)(H,21,25)/t11-/m1/s1. The summed E-state index contributed by atoms with van der Waals surface area (Å²) in [5.74, 6) is -0.682. The molecular formula is C18H16FN3O2S. The van der Waals surface area contributed by atoms with E-state index in [0.29, 0.717) is 10.9 Å². The molecule has 3 aromatic rings. The summed E-state index contributed by atoms with van der Waals surface area (Å²) in [6, 6.07) is 12.1. The molecule has 0 unspecified atom stereocenters. The fraction of sp³-hybridized carbons (Fsp3) is 0.167. The minimum Gasteiger partial charge on any atom is -0.350 e. The largest absolute Gasteiger partial charge is 0.350 e. The highest BCUT2D eigenvalue weighted by atomic mass is 32.1. The molecule has 7 heteroatoms. The Morgan fingerprint density at radius 2 is 1.92 bits per heavy atom. The summed E-state index contributed by atoms with van der Waals surface area (Å²) in [5, 5.41) is 3.20. The Kier molecular flexibility index (Phi) is 4.76. The van der Waals surface area contributed by atoms with E-state index in [2.05, 4.69) is 10.3 Å². The molecule has 5 nitrogen and oxygen atoms in total. The minimum absolute atomic E-state index is 0.188. The maximum Gasteiger partial charge on any atom is 0.262 e. The zero-order chi connectivity index (χ0) is 18.0. The van der Waals surface area contributed by atoms with Gasteiger partial charge in [-0.3, -0.25) is 14.2 Å². The second-order valence-electron chi connectivity index (χ2n) is 5.67. The van der Waals surface area contributed by atoms with E-state index in [1.54, 1.807) is 43.3 Å². The highest BCUT2D eigenvalue weighted by Gasteiger charge is 2.18. The number of aromatic amines is 1. The lowest BCUT2D eigenvalue weighted by Crippen LogP contribution is -2.36. The Balaban J connectivity index is 1.85. The van der Waals surface area contributed by atoms with E-state index >= 15 is 0 Å². The van der Waals surface area contributed by atoms with Crippen LogP contribution in [0.1, 0.15) is 18.5 Å². The van der Waals surface area contributed by atoms with Gasteiger partial charge in [0.25, 0.3) is 5.56 Å². The number of nitrogens with zero attached hydrogens (tertiary/aromatic N) is 1. The maximum atomic E-state index is 12.9. The average molecular weight is 357 g/mol. The molecule has 0 aliphatic rings. The lowest BCUT2D eigenvalue weighted by atomic mass is 10.2. The highest BCUT2D eigenvalue weighted by Crippen LogP contribution is 2.10. The fourth-order valence-electron chi connectivity index (χ4n) is 2.58. The first-order chi connectivity index (χ1) is 12.0. The van der Waals surface area contributed by atoms with Crippen molar-refractivity contribution < 1.29 is 9.18 Å². The minimum atomic E-state index is -0.777. The van der Waals surface area contributed by atoms with Crippen molar-refractivity contribution in [1.82, 2.24) is 14.9 Å². The molecule has 1 atom stereocenters. The van der Waals surface area contributed by atoms with Crippen LogP contribution in [0.5, 0.6) is 0 Å². The Morgan fingerprint density at radius 3 is 2.64 bits per heavy atom. The van der Waals surface area contributed by atoms with Crippen LogP contribution >= 0.6 is 12.2 Å². The van der Waals surface area contributed by atoms with Crippen LogP contribution in [0.4, 0.5) is 4.39 Å². The smallest absolute Gasteiger partial charge is 0.262 e. The SMILES string of the molecule is C[C@H](C(=O)NCc1ccc(F)cc1)n1c(=S)[nH]c2ccccc2c1=O. The number of hydrogen-bond acceptors (Lipinski definition) is 3. The third-order valence-electron chi connectivity index (χ3n) is 3.98. The van der Waals surface area contributed by atoms with E-state index in [-0.39, 0.29) is 28.6 Å². The van der Waals surface area contributed by atoms with E-state index < -0.39 is 6.04 Å². The quantitative estimate of drug-likeness (QED) is 0.705. The second-order valence-corrected chi connectivity index (χ2v) is 6.06. The molecule has 1 heterocycles. The lowest BCUT2D eigenvalue weighted by molar-refractivity contribution is -0.124. The molecule has 1 aromatic heterocycles. The van der Waals surface area contributed by atoms with Crippen molar-refractivity contribution in [3.63, 3.8) is 0 Å². The maximum absolute atomic E-state index is 12.9. The van der Waals surface area contributed by atoms with E-state index in [1.165, 1.54) is 16.7 Å². The summed E-state index contributed by atoms with van der Waals surface area (Å²) in [6.07, 6.45) is 0. The predicted molar refractivity (Wildman–Crippen MR) is 96.4 cm³/mol. The summed E-state index contributed by atoms with van der Waals surface area (Å²) >= 11 is 5.24. The normalized spacial score (nSPS) is 12.1. The summed E-state index contributed by atoms with van der Waals surface area (Å²) < 4.78 is 14.4. The van der Waals surface area contributed by atoms with E-state index in [0.717, 1.165) is 5.56 Å². The molecule has 0 fully saturated rings. The van der Waals surface area contributed by atoms with Crippen LogP contribution in [0.15, 0.2) is 53.3 Å². The van der Waals surface area contributed by atoms with Gasteiger partial charge < -0.3 is 10.3 Å². The molecule has 2 aromatic carbocycles. The number of hydrogen-bond donors (Lipinski definition) is 2. The van der Waals surface area contributed by atoms with Gasteiger partial charge >= 0.3 is 0 Å². The Morgan fingerprint density at radius 1 is 1.24 bits per heavy atom. The van der Waals surface area contributed by atoms with Gasteiger partial charge in [0.1, 0.15) is 11.9 Å². The van der Waals surface area contributed by atoms with Crippen LogP contribution in [0, 0.1) is 10.6 Å². The molecule has 0 spiro atoms. The van der Waals surface area contributed by atoms with Crippen LogP contribution in [0.3, 0.4) is 0 Å². The zero-order valence-corrected chi connectivity index (χ0v) is 14.3. The Hall–Kier alpha value is -2.80. The average Bonchev–Trinajstić information content (AvgIpc) is 2.61. The number of H-pyrrole nitrogens is 1. The fourth-order valence-corrected chi connectivity index (χ4v) is 2.94. The molecule has 0 saturated heterocycles. The molecule has 128 valence electrons. The molecular weight excluding hydrogens is 341 g/mol. The molecule has 0 radical (unpaired) electrons. The van der Waals surface area contributed by atoms with E-state index in [4.69, 9.17) is 12.2 Å². The number of amides is 1. The first kappa shape index (κ1) is 17.0. The van der Waals surface area contributed by atoms with Gasteiger partial charge in [-0.15, -0.1) is 0 Å². The number of benzene rings is 2. The highest BCUT2D eigenvalue weighted by molar-refractivity contribution is 7.71. The number of carbonyl (C=O) groups excluding carboxylic acids is 1. The van der Waals surface area contributed by atoms with Crippen molar-refractivity contribution in [2.45, 2.75) is 19.5 Å². The number of fused-ring (bicyclic) bond motifs is 1. The van der Waals surface area contributed by atoms with Crippen molar-refractivity contribution in [3.8, 4) is 0 Å². The Labute approximate surface area is 148 Å². The zero-order valence-electron chi connectivity index (χ0n) is 13.5. The number of nitrogens with one attached hydrogen (secondary N) is 2. The van der Waals surface area contributed by atoms with Crippen LogP contribution < -0.4 is 10.9 Å². The molecule has 0 saturated carbocycles. The molecule has 3 rings (SSSR count). The number of halogens is 1. The van der Waals surface area contributed by atoms with Gasteiger partial charge in [0.15, 0.2) is 4.77 Å². The number of carbonyl (C=O) groups is 1. The van der Waals surface area contributed by atoms with Crippen LogP contribution in [0.2, 0.25) is 0 Å². The van der Waals surface area contributed by atoms with Crippen LogP contribution in [0.25, 0.3) is 10.9 Å². The van der Waals surface area contributed by atoms with Gasteiger partial charge in [0, 0.05) is 6.54 Å². The van der Waals surface area contributed by atoms with E-state index in [1.807, 2.05) is 0 Å². The van der Waals surface area contributed by atoms with Crippen molar-refractivity contribution in [3.05, 3.63) is 75.0 Å². The van der Waals surface area contributed by atoms with Gasteiger partial charge in [0.2, 0.25) is 5.91 Å². The molecule has 0 aliphatic heterocycles. The van der Waals surface area contributed by atoms with Crippen molar-refractivity contribution in [2.75, 3.05) is 0 Å². The van der Waals surface area contributed by atoms with Gasteiger partial charge in [-0.25, -0.2) is 4.39 Å². The van der Waals surface area contributed by atoms with Gasteiger partial charge in [0.05, 0.1) is 10.9 Å². The molecule has 25 heavy (non-hydrogen) atoms. The van der Waals surface area contributed by atoms with Gasteiger partial charge in [-0.1, -0.05) is 24.3 Å². The monoisotopic (exact) mass is 357 g/mol. The van der Waals surface area contributed by atoms with Crippen LogP contribution in [-0.4, -0.2) is 15.5 Å². The predicted octanol–water partition coefficient (Wildman–Crippen LogP) is 3.08. The first-order valence-electron chi connectivity index (χ1n) is 7.73. The molecule has 1 amide bonds. The summed E-state index contributed by atoms with van der Waals surface area (Å²) in [5.41, 5.74) is 1.08. The first-order valence-corrected chi connectivity index (χ1v) is 8.14. The van der Waals surface area contributed by atoms with Gasteiger partial charge in [-0.2, -0.15) is 0 Å².